The van der Waals surface area contributed by atoms with Gasteiger partial charge >= 0.3 is 8.60 Å². The molecule has 0 radical (unpaired) electrons. The van der Waals surface area contributed by atoms with Crippen LogP contribution in [0.4, 0.5) is 0 Å². The largest absolute Gasteiger partial charge is 0.368 e. The zero-order chi connectivity index (χ0) is 14.1. The Morgan fingerprint density at radius 2 is 1.44 bits per heavy atom. The van der Waals surface area contributed by atoms with Crippen molar-refractivity contribution in [2.75, 3.05) is 13.2 Å². The van der Waals surface area contributed by atoms with Crippen LogP contribution in [-0.4, -0.2) is 41.7 Å². The van der Waals surface area contributed by atoms with Gasteiger partial charge in [0.1, 0.15) is 0 Å². The third-order valence-corrected chi connectivity index (χ3v) is 2.88. The van der Waals surface area contributed by atoms with E-state index in [4.69, 9.17) is 46.6 Å². The van der Waals surface area contributed by atoms with Gasteiger partial charge in [-0.15, -0.1) is 23.2 Å². The zero-order valence-electron chi connectivity index (χ0n) is 11.0. The second kappa shape index (κ2) is 10.6. The lowest BCUT2D eigenvalue weighted by atomic mass is 10.5. The molecule has 0 spiro atoms. The monoisotopic (exact) mass is 322 g/mol. The van der Waals surface area contributed by atoms with Crippen molar-refractivity contribution >= 4 is 31.8 Å². The summed E-state index contributed by atoms with van der Waals surface area (Å²) in [7, 11) is -1.60. The van der Waals surface area contributed by atoms with Crippen LogP contribution in [0.3, 0.4) is 0 Å². The molecule has 0 heterocycles. The minimum absolute atomic E-state index is 0.149. The van der Waals surface area contributed by atoms with Crippen LogP contribution in [0.1, 0.15) is 27.7 Å². The number of aliphatic hydroxyl groups excluding tert-OH is 1. The van der Waals surface area contributed by atoms with E-state index >= 15 is 0 Å². The first-order chi connectivity index (χ1) is 8.31. The van der Waals surface area contributed by atoms with Crippen molar-refractivity contribution in [2.45, 2.75) is 51.0 Å². The lowest BCUT2D eigenvalue weighted by molar-refractivity contribution is -0.183. The summed E-state index contributed by atoms with van der Waals surface area (Å²) in [5, 5.41) is 8.75. The molecule has 0 rings (SSSR count). The molecule has 0 aliphatic rings. The van der Waals surface area contributed by atoms with Crippen molar-refractivity contribution in [3.63, 3.8) is 0 Å². The number of aliphatic hydroxyl groups is 1. The summed E-state index contributed by atoms with van der Waals surface area (Å²) >= 11 is 11.6. The number of alkyl halides is 2. The second-order valence-corrected chi connectivity index (χ2v) is 6.45. The van der Waals surface area contributed by atoms with Crippen LogP contribution in [0.5, 0.6) is 0 Å². The first kappa shape index (κ1) is 18.8. The summed E-state index contributed by atoms with van der Waals surface area (Å²) in [6.45, 7) is 7.33. The van der Waals surface area contributed by atoms with Crippen molar-refractivity contribution in [1.82, 2.24) is 0 Å². The van der Waals surface area contributed by atoms with E-state index < -0.39 is 21.2 Å². The van der Waals surface area contributed by atoms with E-state index in [-0.39, 0.29) is 10.8 Å². The summed E-state index contributed by atoms with van der Waals surface area (Å²) in [6, 6.07) is 0. The molecule has 0 fully saturated rings. The maximum atomic E-state index is 9.05. The minimum atomic E-state index is -1.60. The highest BCUT2D eigenvalue weighted by Crippen LogP contribution is 2.42. The maximum Gasteiger partial charge on any atom is 0.335 e. The van der Waals surface area contributed by atoms with Gasteiger partial charge in [0.15, 0.2) is 12.6 Å². The maximum absolute atomic E-state index is 9.05. The van der Waals surface area contributed by atoms with Gasteiger partial charge < -0.3 is 18.9 Å². The zero-order valence-corrected chi connectivity index (χ0v) is 13.4. The fourth-order valence-electron chi connectivity index (χ4n) is 0.849. The molecule has 0 aromatic heterocycles. The van der Waals surface area contributed by atoms with E-state index in [1.807, 2.05) is 0 Å². The van der Waals surface area contributed by atoms with Gasteiger partial charge in [0.25, 0.3) is 0 Å². The van der Waals surface area contributed by atoms with Crippen molar-refractivity contribution in [3.05, 3.63) is 0 Å². The first-order valence-corrected chi connectivity index (χ1v) is 7.62. The Balaban J connectivity index is 4.09. The van der Waals surface area contributed by atoms with Crippen molar-refractivity contribution in [3.8, 4) is 0 Å². The van der Waals surface area contributed by atoms with Crippen LogP contribution >= 0.6 is 31.8 Å². The molecule has 1 N–H and O–H groups in total. The summed E-state index contributed by atoms with van der Waals surface area (Å²) < 4.78 is 21.1. The SMILES string of the molecule is CC(Cl)COP(OCC(C)Cl)OC(C)OC(C)O. The van der Waals surface area contributed by atoms with Crippen LogP contribution < -0.4 is 0 Å². The van der Waals surface area contributed by atoms with Crippen LogP contribution in [0.15, 0.2) is 0 Å². The molecule has 4 atom stereocenters. The molecule has 0 amide bonds. The van der Waals surface area contributed by atoms with E-state index in [9.17, 15) is 0 Å². The van der Waals surface area contributed by atoms with Gasteiger partial charge in [0.05, 0.1) is 24.0 Å². The third kappa shape index (κ3) is 11.9. The fraction of sp³-hybridized carbons (Fsp3) is 1.00. The van der Waals surface area contributed by atoms with Gasteiger partial charge in [-0.05, 0) is 27.7 Å². The fourth-order valence-corrected chi connectivity index (χ4v) is 2.33. The molecule has 4 unspecified atom stereocenters. The van der Waals surface area contributed by atoms with E-state index in [0.29, 0.717) is 13.2 Å². The molecule has 0 saturated heterocycles. The molecule has 110 valence electrons. The van der Waals surface area contributed by atoms with Gasteiger partial charge in [-0.3, -0.25) is 4.52 Å². The first-order valence-electron chi connectivity index (χ1n) is 5.65. The molecule has 0 aliphatic carbocycles. The predicted octanol–water partition coefficient (Wildman–Crippen LogP) is 3.22. The number of hydrogen-bond acceptors (Lipinski definition) is 5. The summed E-state index contributed by atoms with van der Waals surface area (Å²) in [4.78, 5) is 0. The molecule has 8 heteroatoms. The molecule has 18 heavy (non-hydrogen) atoms. The molecule has 0 saturated carbocycles. The van der Waals surface area contributed by atoms with E-state index in [1.54, 1.807) is 20.8 Å². The average Bonchev–Trinajstić information content (AvgIpc) is 2.20. The van der Waals surface area contributed by atoms with Gasteiger partial charge in [0, 0.05) is 0 Å². The second-order valence-electron chi connectivity index (χ2n) is 3.79. The number of ether oxygens (including phenoxy) is 1. The smallest absolute Gasteiger partial charge is 0.335 e. The van der Waals surface area contributed by atoms with Crippen LogP contribution in [0.25, 0.3) is 0 Å². The molecule has 0 aromatic carbocycles. The number of rotatable bonds is 10. The predicted molar refractivity (Wildman–Crippen MR) is 72.8 cm³/mol. The molecule has 0 aliphatic heterocycles. The van der Waals surface area contributed by atoms with Crippen LogP contribution in [-0.2, 0) is 18.3 Å². The topological polar surface area (TPSA) is 57.2 Å². The van der Waals surface area contributed by atoms with Crippen LogP contribution in [0, 0.1) is 0 Å². The standard InChI is InChI=1S/C10H21Cl2O5P/c1-7(11)5-14-18(15-6-8(2)12)17-10(4)16-9(3)13/h7-10,13H,5-6H2,1-4H3. The molecule has 0 aromatic rings. The van der Waals surface area contributed by atoms with E-state index in [0.717, 1.165) is 0 Å². The van der Waals surface area contributed by atoms with Gasteiger partial charge in [-0.2, -0.15) is 0 Å². The third-order valence-electron chi connectivity index (χ3n) is 1.44. The van der Waals surface area contributed by atoms with Gasteiger partial charge in [0.2, 0.25) is 0 Å². The number of hydrogen-bond donors (Lipinski definition) is 1. The van der Waals surface area contributed by atoms with Gasteiger partial charge in [-0.1, -0.05) is 0 Å². The highest BCUT2D eigenvalue weighted by atomic mass is 35.5. The average molecular weight is 323 g/mol. The Bertz CT molecular complexity index is 195. The molecule has 0 bridgehead atoms. The van der Waals surface area contributed by atoms with E-state index in [2.05, 4.69) is 0 Å². The lowest BCUT2D eigenvalue weighted by Gasteiger charge is -2.22. The summed E-state index contributed by atoms with van der Waals surface area (Å²) in [5.41, 5.74) is 0. The van der Waals surface area contributed by atoms with Gasteiger partial charge in [-0.25, -0.2) is 0 Å². The lowest BCUT2D eigenvalue weighted by Crippen LogP contribution is -2.19. The molecular formula is C10H21Cl2O5P. The highest BCUT2D eigenvalue weighted by molar-refractivity contribution is 7.41. The Hall–Kier alpha value is 0.810. The Morgan fingerprint density at radius 3 is 1.78 bits per heavy atom. The van der Waals surface area contributed by atoms with Crippen LogP contribution in [0.2, 0.25) is 0 Å². The molecule has 5 nitrogen and oxygen atoms in total. The molecular weight excluding hydrogens is 302 g/mol. The number of halogens is 2. The normalized spacial score (nSPS) is 20.2. The Morgan fingerprint density at radius 1 is 1.00 bits per heavy atom. The Labute approximate surface area is 120 Å². The minimum Gasteiger partial charge on any atom is -0.368 e. The summed E-state index contributed by atoms with van der Waals surface area (Å²) in [5.74, 6) is 0. The Kier molecular flexibility index (Phi) is 11.1. The summed E-state index contributed by atoms with van der Waals surface area (Å²) in [6.07, 6.45) is -1.57. The van der Waals surface area contributed by atoms with Crippen molar-refractivity contribution in [1.29, 1.82) is 0 Å². The highest BCUT2D eigenvalue weighted by Gasteiger charge is 2.20. The van der Waals surface area contributed by atoms with Crippen molar-refractivity contribution in [2.24, 2.45) is 0 Å². The quantitative estimate of drug-likeness (QED) is 0.380. The van der Waals surface area contributed by atoms with E-state index in [1.165, 1.54) is 6.92 Å². The van der Waals surface area contributed by atoms with Crippen molar-refractivity contribution < 1.29 is 23.4 Å².